The summed E-state index contributed by atoms with van der Waals surface area (Å²) in [6.07, 6.45) is 2.30. The highest BCUT2D eigenvalue weighted by molar-refractivity contribution is 9.10. The molecule has 0 aliphatic carbocycles. The molecule has 0 radical (unpaired) electrons. The van der Waals surface area contributed by atoms with Crippen LogP contribution in [0.3, 0.4) is 0 Å². The van der Waals surface area contributed by atoms with Crippen molar-refractivity contribution in [3.8, 4) is 0 Å². The number of amides is 1. The number of ether oxygens (including phenoxy) is 1. The van der Waals surface area contributed by atoms with E-state index in [0.717, 1.165) is 19.3 Å². The second kappa shape index (κ2) is 4.87. The van der Waals surface area contributed by atoms with Crippen molar-refractivity contribution in [2.45, 2.75) is 19.3 Å². The van der Waals surface area contributed by atoms with Crippen molar-refractivity contribution in [1.29, 1.82) is 0 Å². The van der Waals surface area contributed by atoms with Crippen LogP contribution in [0.5, 0.6) is 0 Å². The molecule has 1 aromatic carbocycles. The fraction of sp³-hybridized carbons (Fsp3) is 0.500. The van der Waals surface area contributed by atoms with Gasteiger partial charge in [-0.25, -0.2) is 4.39 Å². The van der Waals surface area contributed by atoms with Crippen molar-refractivity contribution < 1.29 is 13.9 Å². The molecular formula is C14H15BrFNO2. The van der Waals surface area contributed by atoms with Gasteiger partial charge in [0.1, 0.15) is 5.82 Å². The van der Waals surface area contributed by atoms with Gasteiger partial charge in [0.05, 0.1) is 11.1 Å². The summed E-state index contributed by atoms with van der Waals surface area (Å²) in [5, 5.41) is 0. The van der Waals surface area contributed by atoms with E-state index in [2.05, 4.69) is 15.9 Å². The van der Waals surface area contributed by atoms with Gasteiger partial charge in [-0.15, -0.1) is 0 Å². The molecule has 0 bridgehead atoms. The maximum Gasteiger partial charge on any atom is 0.233 e. The van der Waals surface area contributed by atoms with Crippen LogP contribution in [0.2, 0.25) is 0 Å². The van der Waals surface area contributed by atoms with Crippen molar-refractivity contribution in [3.63, 3.8) is 0 Å². The number of carbonyl (C=O) groups is 1. The van der Waals surface area contributed by atoms with Crippen LogP contribution in [0, 0.1) is 11.2 Å². The Labute approximate surface area is 119 Å². The Kier molecular flexibility index (Phi) is 3.35. The molecule has 0 unspecified atom stereocenters. The lowest BCUT2D eigenvalue weighted by molar-refractivity contribution is -0.130. The Morgan fingerprint density at radius 2 is 2.00 bits per heavy atom. The van der Waals surface area contributed by atoms with Gasteiger partial charge in [-0.05, 0) is 37.5 Å². The molecule has 1 aromatic rings. The zero-order chi connectivity index (χ0) is 13.5. The number of anilines is 1. The first kappa shape index (κ1) is 13.1. The van der Waals surface area contributed by atoms with Gasteiger partial charge < -0.3 is 9.64 Å². The molecule has 0 N–H and O–H groups in total. The van der Waals surface area contributed by atoms with Crippen LogP contribution in [0.25, 0.3) is 0 Å². The molecular weight excluding hydrogens is 313 g/mol. The lowest BCUT2D eigenvalue weighted by Gasteiger charge is -2.31. The van der Waals surface area contributed by atoms with Gasteiger partial charge in [-0.1, -0.05) is 15.9 Å². The van der Waals surface area contributed by atoms with Gasteiger partial charge >= 0.3 is 0 Å². The van der Waals surface area contributed by atoms with E-state index in [4.69, 9.17) is 4.74 Å². The standard InChI is InChI=1S/C14H15BrFNO2/c15-10-1-2-12(11(16)9-10)17-6-3-14(13(17)18)4-7-19-8-5-14/h1-2,9H,3-8H2. The molecule has 2 aliphatic heterocycles. The van der Waals surface area contributed by atoms with Gasteiger partial charge in [0.15, 0.2) is 0 Å². The van der Waals surface area contributed by atoms with Crippen molar-refractivity contribution in [1.82, 2.24) is 0 Å². The first-order valence-corrected chi connectivity index (χ1v) is 7.26. The van der Waals surface area contributed by atoms with E-state index in [1.807, 2.05) is 0 Å². The molecule has 1 spiro atoms. The average molecular weight is 328 g/mol. The molecule has 2 aliphatic rings. The highest BCUT2D eigenvalue weighted by Crippen LogP contribution is 2.43. The largest absolute Gasteiger partial charge is 0.381 e. The molecule has 2 saturated heterocycles. The van der Waals surface area contributed by atoms with E-state index in [-0.39, 0.29) is 17.1 Å². The predicted molar refractivity (Wildman–Crippen MR) is 73.6 cm³/mol. The summed E-state index contributed by atoms with van der Waals surface area (Å²) in [4.78, 5) is 14.2. The second-order valence-corrected chi connectivity index (χ2v) is 6.11. The number of nitrogens with zero attached hydrogens (tertiary/aromatic N) is 1. The molecule has 1 amide bonds. The minimum atomic E-state index is -0.355. The molecule has 2 fully saturated rings. The number of benzene rings is 1. The first-order chi connectivity index (χ1) is 9.12. The summed E-state index contributed by atoms with van der Waals surface area (Å²) < 4.78 is 20.0. The summed E-state index contributed by atoms with van der Waals surface area (Å²) in [5.74, 6) is -0.302. The van der Waals surface area contributed by atoms with Crippen LogP contribution >= 0.6 is 15.9 Å². The van der Waals surface area contributed by atoms with Gasteiger partial charge in [-0.2, -0.15) is 0 Å². The third kappa shape index (κ3) is 2.19. The van der Waals surface area contributed by atoms with E-state index in [9.17, 15) is 9.18 Å². The van der Waals surface area contributed by atoms with Crippen molar-refractivity contribution >= 4 is 27.5 Å². The predicted octanol–water partition coefficient (Wildman–Crippen LogP) is 3.12. The van der Waals surface area contributed by atoms with Crippen LogP contribution in [-0.2, 0) is 9.53 Å². The van der Waals surface area contributed by atoms with E-state index < -0.39 is 0 Å². The topological polar surface area (TPSA) is 29.5 Å². The molecule has 3 rings (SSSR count). The maximum absolute atomic E-state index is 14.0. The molecule has 2 heterocycles. The van der Waals surface area contributed by atoms with E-state index >= 15 is 0 Å². The van der Waals surface area contributed by atoms with E-state index in [1.54, 1.807) is 17.0 Å². The lowest BCUT2D eigenvalue weighted by Crippen LogP contribution is -2.39. The van der Waals surface area contributed by atoms with Gasteiger partial charge in [0, 0.05) is 24.2 Å². The summed E-state index contributed by atoms with van der Waals surface area (Å²) in [6.45, 7) is 1.85. The smallest absolute Gasteiger partial charge is 0.233 e. The normalized spacial score (nSPS) is 22.2. The monoisotopic (exact) mass is 327 g/mol. The highest BCUT2D eigenvalue weighted by Gasteiger charge is 2.48. The fourth-order valence-electron chi connectivity index (χ4n) is 2.98. The maximum atomic E-state index is 14.0. The number of halogens is 2. The minimum Gasteiger partial charge on any atom is -0.381 e. The SMILES string of the molecule is O=C1N(c2ccc(Br)cc2F)CCC12CCOCC2. The third-order valence-electron chi connectivity index (χ3n) is 4.16. The molecule has 0 atom stereocenters. The van der Waals surface area contributed by atoms with Gasteiger partial charge in [0.2, 0.25) is 5.91 Å². The third-order valence-corrected chi connectivity index (χ3v) is 4.66. The van der Waals surface area contributed by atoms with Crippen LogP contribution in [0.15, 0.2) is 22.7 Å². The zero-order valence-corrected chi connectivity index (χ0v) is 12.1. The number of hydrogen-bond donors (Lipinski definition) is 0. The van der Waals surface area contributed by atoms with Gasteiger partial charge in [-0.3, -0.25) is 4.79 Å². The van der Waals surface area contributed by atoms with Crippen molar-refractivity contribution in [2.24, 2.45) is 5.41 Å². The summed E-state index contributed by atoms with van der Waals surface area (Å²) >= 11 is 3.23. The Morgan fingerprint density at radius 3 is 2.68 bits per heavy atom. The van der Waals surface area contributed by atoms with Crippen molar-refractivity contribution in [3.05, 3.63) is 28.5 Å². The molecule has 19 heavy (non-hydrogen) atoms. The Balaban J connectivity index is 1.89. The summed E-state index contributed by atoms with van der Waals surface area (Å²) in [6, 6.07) is 4.83. The molecule has 0 saturated carbocycles. The Morgan fingerprint density at radius 1 is 1.26 bits per heavy atom. The Bertz CT molecular complexity index is 514. The molecule has 5 heteroatoms. The van der Waals surface area contributed by atoms with E-state index in [1.165, 1.54) is 6.07 Å². The summed E-state index contributed by atoms with van der Waals surface area (Å²) in [7, 11) is 0. The van der Waals surface area contributed by atoms with Gasteiger partial charge in [0.25, 0.3) is 0 Å². The number of rotatable bonds is 1. The highest BCUT2D eigenvalue weighted by atomic mass is 79.9. The van der Waals surface area contributed by atoms with Crippen LogP contribution < -0.4 is 4.90 Å². The molecule has 0 aromatic heterocycles. The molecule has 3 nitrogen and oxygen atoms in total. The first-order valence-electron chi connectivity index (χ1n) is 6.47. The average Bonchev–Trinajstić information content (AvgIpc) is 2.69. The van der Waals surface area contributed by atoms with Crippen LogP contribution in [0.4, 0.5) is 10.1 Å². The summed E-state index contributed by atoms with van der Waals surface area (Å²) in [5.41, 5.74) is 0.0640. The van der Waals surface area contributed by atoms with E-state index in [0.29, 0.717) is 29.9 Å². The van der Waals surface area contributed by atoms with Crippen molar-refractivity contribution in [2.75, 3.05) is 24.7 Å². The molecule has 102 valence electrons. The van der Waals surface area contributed by atoms with Crippen LogP contribution in [0.1, 0.15) is 19.3 Å². The number of carbonyl (C=O) groups excluding carboxylic acids is 1. The number of hydrogen-bond acceptors (Lipinski definition) is 2. The Hall–Kier alpha value is -0.940. The second-order valence-electron chi connectivity index (χ2n) is 5.20. The zero-order valence-electron chi connectivity index (χ0n) is 10.5. The lowest BCUT2D eigenvalue weighted by atomic mass is 9.79. The van der Waals surface area contributed by atoms with Crippen LogP contribution in [-0.4, -0.2) is 25.7 Å². The minimum absolute atomic E-state index is 0.0528. The quantitative estimate of drug-likeness (QED) is 0.793. The fourth-order valence-corrected chi connectivity index (χ4v) is 3.31.